The molecule has 0 spiro atoms. The molecule has 1 fully saturated rings. The second kappa shape index (κ2) is 7.95. The molecule has 0 saturated heterocycles. The highest BCUT2D eigenvalue weighted by Crippen LogP contribution is 2.37. The van der Waals surface area contributed by atoms with Gasteiger partial charge in [0, 0.05) is 31.1 Å². The van der Waals surface area contributed by atoms with Gasteiger partial charge in [-0.05, 0) is 30.5 Å². The Kier molecular flexibility index (Phi) is 5.40. The van der Waals surface area contributed by atoms with Crippen LogP contribution in [-0.4, -0.2) is 46.4 Å². The third kappa shape index (κ3) is 4.07. The molecule has 1 aliphatic carbocycles. The summed E-state index contributed by atoms with van der Waals surface area (Å²) in [5.41, 5.74) is 6.56. The number of hydrogen-bond donors (Lipinski definition) is 2. The van der Waals surface area contributed by atoms with E-state index in [1.807, 2.05) is 30.3 Å². The van der Waals surface area contributed by atoms with Crippen molar-refractivity contribution in [3.63, 3.8) is 0 Å². The maximum absolute atomic E-state index is 10.6. The third-order valence-corrected chi connectivity index (χ3v) is 6.20. The summed E-state index contributed by atoms with van der Waals surface area (Å²) in [5.74, 6) is 1.78. The van der Waals surface area contributed by atoms with Gasteiger partial charge in [-0.15, -0.1) is 0 Å². The number of ether oxygens (including phenoxy) is 1. The lowest BCUT2D eigenvalue weighted by Gasteiger charge is -2.42. The van der Waals surface area contributed by atoms with Crippen molar-refractivity contribution < 1.29 is 9.84 Å². The van der Waals surface area contributed by atoms with Crippen molar-refractivity contribution in [2.45, 2.75) is 56.7 Å². The highest BCUT2D eigenvalue weighted by molar-refractivity contribution is 5.80. The van der Waals surface area contributed by atoms with E-state index in [1.165, 1.54) is 32.1 Å². The molecule has 0 amide bonds. The van der Waals surface area contributed by atoms with Crippen molar-refractivity contribution in [3.05, 3.63) is 36.5 Å². The van der Waals surface area contributed by atoms with E-state index in [4.69, 9.17) is 15.5 Å². The first kappa shape index (κ1) is 19.0. The lowest BCUT2D eigenvalue weighted by molar-refractivity contribution is 0.00760. The summed E-state index contributed by atoms with van der Waals surface area (Å²) < 4.78 is 6.20. The fourth-order valence-corrected chi connectivity index (χ4v) is 4.56. The number of aliphatic hydroxyl groups is 1. The number of guanidine groups is 1. The molecule has 150 valence electrons. The molecule has 2 aromatic rings. The number of nitrogens with two attached hydrogens (primary N) is 1. The van der Waals surface area contributed by atoms with Crippen molar-refractivity contribution in [2.75, 3.05) is 13.7 Å². The van der Waals surface area contributed by atoms with Crippen molar-refractivity contribution in [2.24, 2.45) is 16.6 Å². The van der Waals surface area contributed by atoms with Crippen LogP contribution in [0.3, 0.4) is 0 Å². The minimum atomic E-state index is -0.636. The fourth-order valence-electron chi connectivity index (χ4n) is 4.56. The van der Waals surface area contributed by atoms with Crippen LogP contribution in [0.2, 0.25) is 0 Å². The van der Waals surface area contributed by atoms with Gasteiger partial charge in [-0.2, -0.15) is 0 Å². The molecule has 1 saturated carbocycles. The summed E-state index contributed by atoms with van der Waals surface area (Å²) in [5, 5.41) is 11.6. The summed E-state index contributed by atoms with van der Waals surface area (Å²) in [6.07, 6.45) is 8.92. The summed E-state index contributed by atoms with van der Waals surface area (Å²) >= 11 is 0. The second-order valence-electron chi connectivity index (χ2n) is 8.34. The van der Waals surface area contributed by atoms with E-state index in [1.54, 1.807) is 18.1 Å². The first-order valence-electron chi connectivity index (χ1n) is 10.3. The van der Waals surface area contributed by atoms with Crippen LogP contribution in [0.15, 0.2) is 41.5 Å². The van der Waals surface area contributed by atoms with Crippen LogP contribution in [-0.2, 0) is 0 Å². The Balaban J connectivity index is 1.55. The molecular weight excluding hydrogens is 352 g/mol. The number of aliphatic imine (C=N–C) groups is 1. The van der Waals surface area contributed by atoms with Gasteiger partial charge >= 0.3 is 0 Å². The number of hydrogen-bond acceptors (Lipinski definition) is 6. The Hall–Kier alpha value is -2.34. The van der Waals surface area contributed by atoms with E-state index in [0.29, 0.717) is 24.9 Å². The fraction of sp³-hybridized carbons (Fsp3) is 0.545. The molecule has 1 aromatic heterocycles. The SMILES string of the molecule is CN1C(N)=NC(COc2ccc3cccnc3c2)(CC2CCCCC2)CC1O. The number of pyridine rings is 1. The standard InChI is InChI=1S/C22H30N4O2/c1-26-20(27)14-22(25-21(26)23,13-16-6-3-2-4-7-16)15-28-18-10-9-17-8-5-11-24-19(17)12-18/h5,8-12,16,20,27H,2-4,6-7,13-15H2,1H3,(H2,23,25). The quantitative estimate of drug-likeness (QED) is 0.829. The Morgan fingerprint density at radius 1 is 1.25 bits per heavy atom. The van der Waals surface area contributed by atoms with E-state index in [0.717, 1.165) is 23.1 Å². The average molecular weight is 383 g/mol. The predicted molar refractivity (Wildman–Crippen MR) is 111 cm³/mol. The van der Waals surface area contributed by atoms with Gasteiger partial charge in [-0.1, -0.05) is 38.2 Å². The van der Waals surface area contributed by atoms with Gasteiger partial charge in [0.25, 0.3) is 0 Å². The number of aliphatic hydroxyl groups excluding tert-OH is 1. The van der Waals surface area contributed by atoms with E-state index in [-0.39, 0.29) is 0 Å². The number of rotatable bonds is 5. The van der Waals surface area contributed by atoms with E-state index >= 15 is 0 Å². The Labute approximate surface area is 166 Å². The molecule has 0 radical (unpaired) electrons. The highest BCUT2D eigenvalue weighted by atomic mass is 16.5. The summed E-state index contributed by atoms with van der Waals surface area (Å²) in [7, 11) is 1.78. The lowest BCUT2D eigenvalue weighted by atomic mass is 9.77. The minimum absolute atomic E-state index is 0.387. The molecule has 6 nitrogen and oxygen atoms in total. The maximum atomic E-state index is 10.6. The molecule has 28 heavy (non-hydrogen) atoms. The molecule has 2 heterocycles. The Bertz CT molecular complexity index is 849. The van der Waals surface area contributed by atoms with Crippen LogP contribution < -0.4 is 10.5 Å². The summed E-state index contributed by atoms with van der Waals surface area (Å²) in [4.78, 5) is 10.9. The molecule has 2 aliphatic rings. The monoisotopic (exact) mass is 382 g/mol. The van der Waals surface area contributed by atoms with E-state index in [9.17, 15) is 5.11 Å². The van der Waals surface area contributed by atoms with Gasteiger partial charge in [0.15, 0.2) is 5.96 Å². The number of benzene rings is 1. The minimum Gasteiger partial charge on any atom is -0.491 e. The van der Waals surface area contributed by atoms with Gasteiger partial charge in [0.2, 0.25) is 0 Å². The average Bonchev–Trinajstić information content (AvgIpc) is 2.71. The van der Waals surface area contributed by atoms with Gasteiger partial charge in [-0.3, -0.25) is 4.98 Å². The molecule has 1 aromatic carbocycles. The molecule has 2 unspecified atom stereocenters. The van der Waals surface area contributed by atoms with Crippen LogP contribution in [0, 0.1) is 5.92 Å². The number of aromatic nitrogens is 1. The Morgan fingerprint density at radius 2 is 2.07 bits per heavy atom. The van der Waals surface area contributed by atoms with Crippen LogP contribution >= 0.6 is 0 Å². The van der Waals surface area contributed by atoms with Crippen molar-refractivity contribution in [1.82, 2.24) is 9.88 Å². The van der Waals surface area contributed by atoms with Crippen LogP contribution in [0.5, 0.6) is 5.75 Å². The summed E-state index contributed by atoms with van der Waals surface area (Å²) in [6, 6.07) is 9.92. The zero-order chi connectivity index (χ0) is 19.6. The van der Waals surface area contributed by atoms with Gasteiger partial charge < -0.3 is 20.5 Å². The number of fused-ring (bicyclic) bond motifs is 1. The molecule has 3 N–H and O–H groups in total. The van der Waals surface area contributed by atoms with Crippen molar-refractivity contribution in [1.29, 1.82) is 0 Å². The van der Waals surface area contributed by atoms with Crippen LogP contribution in [0.25, 0.3) is 10.9 Å². The lowest BCUT2D eigenvalue weighted by Crippen LogP contribution is -2.54. The normalized spacial score (nSPS) is 26.3. The predicted octanol–water partition coefficient (Wildman–Crippen LogP) is 3.29. The molecule has 4 rings (SSSR count). The van der Waals surface area contributed by atoms with Crippen LogP contribution in [0.1, 0.15) is 44.9 Å². The topological polar surface area (TPSA) is 84.0 Å². The first-order chi connectivity index (χ1) is 13.5. The van der Waals surface area contributed by atoms with E-state index in [2.05, 4.69) is 4.98 Å². The Morgan fingerprint density at radius 3 is 2.86 bits per heavy atom. The smallest absolute Gasteiger partial charge is 0.193 e. The summed E-state index contributed by atoms with van der Waals surface area (Å²) in [6.45, 7) is 0.410. The van der Waals surface area contributed by atoms with E-state index < -0.39 is 11.8 Å². The first-order valence-corrected chi connectivity index (χ1v) is 10.3. The zero-order valence-electron chi connectivity index (χ0n) is 16.6. The van der Waals surface area contributed by atoms with Crippen molar-refractivity contribution in [3.8, 4) is 5.75 Å². The molecule has 0 bridgehead atoms. The van der Waals surface area contributed by atoms with Crippen LogP contribution in [0.4, 0.5) is 0 Å². The second-order valence-corrected chi connectivity index (χ2v) is 8.34. The molecular formula is C22H30N4O2. The maximum Gasteiger partial charge on any atom is 0.193 e. The number of nitrogens with zero attached hydrogens (tertiary/aromatic N) is 3. The molecule has 6 heteroatoms. The van der Waals surface area contributed by atoms with Gasteiger partial charge in [-0.25, -0.2) is 4.99 Å². The third-order valence-electron chi connectivity index (χ3n) is 6.20. The molecule has 1 aliphatic heterocycles. The van der Waals surface area contributed by atoms with Crippen molar-refractivity contribution >= 4 is 16.9 Å². The largest absolute Gasteiger partial charge is 0.491 e. The highest BCUT2D eigenvalue weighted by Gasteiger charge is 2.41. The zero-order valence-corrected chi connectivity index (χ0v) is 16.6. The van der Waals surface area contributed by atoms with Gasteiger partial charge in [0.05, 0.1) is 5.52 Å². The molecule has 2 atom stereocenters. The van der Waals surface area contributed by atoms with Gasteiger partial charge in [0.1, 0.15) is 24.1 Å².